The zero-order valence-corrected chi connectivity index (χ0v) is 15.1. The normalized spacial score (nSPS) is 11.6. The van der Waals surface area contributed by atoms with E-state index in [9.17, 15) is 14.4 Å². The summed E-state index contributed by atoms with van der Waals surface area (Å²) in [5.74, 6) is -0.412. The number of nitrogens with zero attached hydrogens (tertiary/aromatic N) is 1. The number of amides is 2. The van der Waals surface area contributed by atoms with Crippen molar-refractivity contribution in [1.82, 2.24) is 10.5 Å². The first kappa shape index (κ1) is 19.5. The molecule has 26 heavy (non-hydrogen) atoms. The molecule has 1 aromatic carbocycles. The highest BCUT2D eigenvalue weighted by Crippen LogP contribution is 2.14. The highest BCUT2D eigenvalue weighted by molar-refractivity contribution is 8.01. The Morgan fingerprint density at radius 3 is 2.54 bits per heavy atom. The Hall–Kier alpha value is -2.81. The maximum absolute atomic E-state index is 12.0. The van der Waals surface area contributed by atoms with Crippen LogP contribution in [-0.4, -0.2) is 39.0 Å². The van der Waals surface area contributed by atoms with Crippen molar-refractivity contribution in [3.63, 3.8) is 0 Å². The SMILES string of the molecule is Cc1cc(NC(=O)C(C)SCC(=O)NCc2ccc(C(=O)O)cc2)no1. The summed E-state index contributed by atoms with van der Waals surface area (Å²) in [5, 5.41) is 17.4. The number of carboxylic acids is 1. The predicted molar refractivity (Wildman–Crippen MR) is 97.0 cm³/mol. The fourth-order valence-corrected chi connectivity index (χ4v) is 2.66. The summed E-state index contributed by atoms with van der Waals surface area (Å²) in [6.07, 6.45) is 0. The zero-order chi connectivity index (χ0) is 19.1. The van der Waals surface area contributed by atoms with Crippen LogP contribution in [0.15, 0.2) is 34.9 Å². The maximum Gasteiger partial charge on any atom is 0.335 e. The van der Waals surface area contributed by atoms with Gasteiger partial charge in [0.25, 0.3) is 0 Å². The molecule has 0 fully saturated rings. The second-order valence-electron chi connectivity index (χ2n) is 5.54. The van der Waals surface area contributed by atoms with Crippen molar-refractivity contribution in [2.24, 2.45) is 0 Å². The second kappa shape index (κ2) is 9.04. The van der Waals surface area contributed by atoms with Gasteiger partial charge >= 0.3 is 5.97 Å². The lowest BCUT2D eigenvalue weighted by Crippen LogP contribution is -2.28. The Morgan fingerprint density at radius 1 is 1.27 bits per heavy atom. The number of thioether (sulfide) groups is 1. The number of hydrogen-bond donors (Lipinski definition) is 3. The average molecular weight is 377 g/mol. The summed E-state index contributed by atoms with van der Waals surface area (Å²) in [4.78, 5) is 34.7. The van der Waals surface area contributed by atoms with Crippen LogP contribution in [-0.2, 0) is 16.1 Å². The molecular formula is C17H19N3O5S. The van der Waals surface area contributed by atoms with Crippen LogP contribution in [0.2, 0.25) is 0 Å². The molecule has 2 aromatic rings. The van der Waals surface area contributed by atoms with Crippen molar-refractivity contribution < 1.29 is 24.0 Å². The molecule has 0 aliphatic heterocycles. The largest absolute Gasteiger partial charge is 0.478 e. The van der Waals surface area contributed by atoms with Gasteiger partial charge in [-0.05, 0) is 31.5 Å². The second-order valence-corrected chi connectivity index (χ2v) is 6.87. The number of aromatic nitrogens is 1. The van der Waals surface area contributed by atoms with Crippen LogP contribution in [0.5, 0.6) is 0 Å². The van der Waals surface area contributed by atoms with Crippen LogP contribution in [0.25, 0.3) is 0 Å². The first-order chi connectivity index (χ1) is 12.3. The van der Waals surface area contributed by atoms with E-state index in [1.54, 1.807) is 32.0 Å². The minimum absolute atomic E-state index is 0.125. The van der Waals surface area contributed by atoms with Gasteiger partial charge in [-0.25, -0.2) is 4.79 Å². The number of carbonyl (C=O) groups excluding carboxylic acids is 2. The van der Waals surface area contributed by atoms with Crippen molar-refractivity contribution in [2.45, 2.75) is 25.6 Å². The molecule has 0 aliphatic carbocycles. The number of benzene rings is 1. The molecular weight excluding hydrogens is 358 g/mol. The summed E-state index contributed by atoms with van der Waals surface area (Å²) in [6.45, 7) is 3.71. The molecule has 2 rings (SSSR count). The summed E-state index contributed by atoms with van der Waals surface area (Å²) in [7, 11) is 0. The van der Waals surface area contributed by atoms with Gasteiger partial charge in [-0.2, -0.15) is 0 Å². The maximum atomic E-state index is 12.0. The smallest absolute Gasteiger partial charge is 0.335 e. The molecule has 0 saturated carbocycles. The summed E-state index contributed by atoms with van der Waals surface area (Å²) in [6, 6.07) is 7.87. The van der Waals surface area contributed by atoms with Gasteiger partial charge in [0.1, 0.15) is 5.76 Å². The summed E-state index contributed by atoms with van der Waals surface area (Å²) < 4.78 is 4.87. The Morgan fingerprint density at radius 2 is 1.96 bits per heavy atom. The van der Waals surface area contributed by atoms with Gasteiger partial charge in [-0.15, -0.1) is 11.8 Å². The van der Waals surface area contributed by atoms with Crippen molar-refractivity contribution in [1.29, 1.82) is 0 Å². The molecule has 1 heterocycles. The number of rotatable bonds is 8. The third kappa shape index (κ3) is 5.92. The molecule has 2 amide bonds. The van der Waals surface area contributed by atoms with Gasteiger partial charge in [0.15, 0.2) is 5.82 Å². The highest BCUT2D eigenvalue weighted by Gasteiger charge is 2.16. The van der Waals surface area contributed by atoms with Gasteiger partial charge in [0.05, 0.1) is 16.6 Å². The number of carbonyl (C=O) groups is 3. The third-order valence-corrected chi connectivity index (χ3v) is 4.55. The Balaban J connectivity index is 1.72. The van der Waals surface area contributed by atoms with Crippen LogP contribution >= 0.6 is 11.8 Å². The lowest BCUT2D eigenvalue weighted by atomic mass is 10.1. The summed E-state index contributed by atoms with van der Waals surface area (Å²) in [5.41, 5.74) is 0.985. The minimum atomic E-state index is -0.995. The van der Waals surface area contributed by atoms with Crippen LogP contribution in [0.3, 0.4) is 0 Å². The van der Waals surface area contributed by atoms with Gasteiger partial charge in [0.2, 0.25) is 11.8 Å². The van der Waals surface area contributed by atoms with Crippen molar-refractivity contribution in [2.75, 3.05) is 11.1 Å². The quantitative estimate of drug-likeness (QED) is 0.644. The first-order valence-electron chi connectivity index (χ1n) is 7.80. The van der Waals surface area contributed by atoms with Crippen LogP contribution in [0.4, 0.5) is 5.82 Å². The lowest BCUT2D eigenvalue weighted by molar-refractivity contribution is -0.118. The number of anilines is 1. The molecule has 0 bridgehead atoms. The number of carboxylic acid groups (broad SMARTS) is 1. The topological polar surface area (TPSA) is 122 Å². The van der Waals surface area contributed by atoms with Gasteiger partial charge in [0, 0.05) is 12.6 Å². The van der Waals surface area contributed by atoms with Gasteiger partial charge in [-0.1, -0.05) is 17.3 Å². The van der Waals surface area contributed by atoms with Gasteiger partial charge < -0.3 is 20.3 Å². The van der Waals surface area contributed by atoms with Crippen LogP contribution in [0.1, 0.15) is 28.6 Å². The number of aryl methyl sites for hydroxylation is 1. The first-order valence-corrected chi connectivity index (χ1v) is 8.84. The lowest BCUT2D eigenvalue weighted by Gasteiger charge is -2.10. The van der Waals surface area contributed by atoms with E-state index in [0.29, 0.717) is 11.6 Å². The van der Waals surface area contributed by atoms with E-state index in [1.165, 1.54) is 23.9 Å². The fourth-order valence-electron chi connectivity index (χ4n) is 1.95. The fraction of sp³-hybridized carbons (Fsp3) is 0.294. The molecule has 9 heteroatoms. The van der Waals surface area contributed by atoms with E-state index in [1.807, 2.05) is 0 Å². The zero-order valence-electron chi connectivity index (χ0n) is 14.3. The predicted octanol–water partition coefficient (Wildman–Crippen LogP) is 2.06. The molecule has 1 unspecified atom stereocenters. The molecule has 0 aliphatic rings. The molecule has 138 valence electrons. The average Bonchev–Trinajstić information content (AvgIpc) is 3.02. The number of nitrogens with one attached hydrogen (secondary N) is 2. The summed E-state index contributed by atoms with van der Waals surface area (Å²) >= 11 is 1.20. The van der Waals surface area contributed by atoms with E-state index in [2.05, 4.69) is 15.8 Å². The van der Waals surface area contributed by atoms with E-state index >= 15 is 0 Å². The minimum Gasteiger partial charge on any atom is -0.478 e. The number of aromatic carboxylic acids is 1. The standard InChI is InChI=1S/C17H19N3O5S/c1-10-7-14(20-25-10)19-16(22)11(2)26-9-15(21)18-8-12-3-5-13(6-4-12)17(23)24/h3-7,11H,8-9H2,1-2H3,(H,18,21)(H,23,24)(H,19,20,22). The third-order valence-electron chi connectivity index (χ3n) is 3.40. The van der Waals surface area contributed by atoms with E-state index in [0.717, 1.165) is 5.56 Å². The Bertz CT molecular complexity index is 788. The molecule has 0 saturated heterocycles. The molecule has 0 radical (unpaired) electrons. The Kier molecular flexibility index (Phi) is 6.79. The van der Waals surface area contributed by atoms with Crippen LogP contribution < -0.4 is 10.6 Å². The van der Waals surface area contributed by atoms with Crippen molar-refractivity contribution in [3.05, 3.63) is 47.2 Å². The van der Waals surface area contributed by atoms with Crippen molar-refractivity contribution in [3.8, 4) is 0 Å². The van der Waals surface area contributed by atoms with E-state index in [-0.39, 0.29) is 29.7 Å². The highest BCUT2D eigenvalue weighted by atomic mass is 32.2. The molecule has 1 aromatic heterocycles. The van der Waals surface area contributed by atoms with Gasteiger partial charge in [-0.3, -0.25) is 9.59 Å². The molecule has 8 nitrogen and oxygen atoms in total. The molecule has 0 spiro atoms. The van der Waals surface area contributed by atoms with E-state index in [4.69, 9.17) is 9.63 Å². The monoisotopic (exact) mass is 377 g/mol. The molecule has 1 atom stereocenters. The number of hydrogen-bond acceptors (Lipinski definition) is 6. The Labute approximate surface area is 154 Å². The van der Waals surface area contributed by atoms with Crippen LogP contribution in [0, 0.1) is 6.92 Å². The van der Waals surface area contributed by atoms with E-state index < -0.39 is 11.2 Å². The van der Waals surface area contributed by atoms with Crippen molar-refractivity contribution >= 4 is 35.4 Å². The molecule has 3 N–H and O–H groups in total.